The van der Waals surface area contributed by atoms with Crippen molar-refractivity contribution in [2.75, 3.05) is 12.4 Å². The third kappa shape index (κ3) is 4.07. The Balaban J connectivity index is 1.42. The molecule has 1 saturated heterocycles. The third-order valence-electron chi connectivity index (χ3n) is 6.10. The van der Waals surface area contributed by atoms with Crippen molar-refractivity contribution in [3.8, 4) is 11.1 Å². The van der Waals surface area contributed by atoms with Crippen LogP contribution in [0.2, 0.25) is 0 Å². The number of nitrogens with one attached hydrogen (secondary N) is 1. The number of carbonyl (C=O) groups excluding carboxylic acids is 2. The Labute approximate surface area is 191 Å². The second kappa shape index (κ2) is 9.24. The summed E-state index contributed by atoms with van der Waals surface area (Å²) < 4.78 is 5.54. The molecule has 1 fully saturated rings. The van der Waals surface area contributed by atoms with Crippen LogP contribution < -0.4 is 5.32 Å². The van der Waals surface area contributed by atoms with Crippen molar-refractivity contribution >= 4 is 29.7 Å². The van der Waals surface area contributed by atoms with Gasteiger partial charge in [-0.1, -0.05) is 55.5 Å². The topological polar surface area (TPSA) is 95.9 Å². The molecule has 2 amide bonds. The molecule has 8 heteroatoms. The zero-order valence-electron chi connectivity index (χ0n) is 18.0. The molecular formula is C24H26N2O5S. The highest BCUT2D eigenvalue weighted by atomic mass is 32.2. The summed E-state index contributed by atoms with van der Waals surface area (Å²) in [7, 11) is 0. The van der Waals surface area contributed by atoms with Gasteiger partial charge in [-0.15, -0.1) is 11.8 Å². The zero-order chi connectivity index (χ0) is 22.8. The van der Waals surface area contributed by atoms with Gasteiger partial charge in [0, 0.05) is 11.7 Å². The fraction of sp³-hybridized carbons (Fsp3) is 0.375. The predicted molar refractivity (Wildman–Crippen MR) is 122 cm³/mol. The van der Waals surface area contributed by atoms with Crippen molar-refractivity contribution in [1.82, 2.24) is 10.2 Å². The van der Waals surface area contributed by atoms with E-state index >= 15 is 0 Å². The number of carbonyl (C=O) groups is 3. The molecule has 3 atom stereocenters. The van der Waals surface area contributed by atoms with Crippen LogP contribution in [0.5, 0.6) is 0 Å². The number of carboxylic acids is 1. The second-order valence-corrected chi connectivity index (χ2v) is 9.31. The molecule has 32 heavy (non-hydrogen) atoms. The van der Waals surface area contributed by atoms with Gasteiger partial charge in [-0.3, -0.25) is 4.79 Å². The molecule has 2 aromatic carbocycles. The zero-order valence-corrected chi connectivity index (χ0v) is 18.8. The van der Waals surface area contributed by atoms with Gasteiger partial charge in [0.25, 0.3) is 0 Å². The van der Waals surface area contributed by atoms with E-state index in [1.54, 1.807) is 13.8 Å². The van der Waals surface area contributed by atoms with Crippen LogP contribution in [0.1, 0.15) is 37.3 Å². The van der Waals surface area contributed by atoms with Crippen LogP contribution in [-0.2, 0) is 14.3 Å². The van der Waals surface area contributed by atoms with Gasteiger partial charge in [-0.25, -0.2) is 9.59 Å². The fourth-order valence-electron chi connectivity index (χ4n) is 4.47. The van der Waals surface area contributed by atoms with Crippen molar-refractivity contribution in [1.29, 1.82) is 0 Å². The summed E-state index contributed by atoms with van der Waals surface area (Å²) >= 11 is 1.41. The van der Waals surface area contributed by atoms with Gasteiger partial charge in [0.15, 0.2) is 0 Å². The number of nitrogens with zero attached hydrogens (tertiary/aromatic N) is 1. The summed E-state index contributed by atoms with van der Waals surface area (Å²) in [6.45, 7) is 3.72. The monoisotopic (exact) mass is 454 g/mol. The summed E-state index contributed by atoms with van der Waals surface area (Å²) in [5, 5.41) is 11.8. The highest BCUT2D eigenvalue weighted by Gasteiger charge is 2.42. The quantitative estimate of drug-likeness (QED) is 0.691. The van der Waals surface area contributed by atoms with Gasteiger partial charge in [0.1, 0.15) is 18.7 Å². The molecule has 4 rings (SSSR count). The number of hydrogen-bond acceptors (Lipinski definition) is 5. The maximum atomic E-state index is 13.0. The molecule has 1 aliphatic carbocycles. The van der Waals surface area contributed by atoms with Gasteiger partial charge in [-0.2, -0.15) is 0 Å². The molecule has 7 nitrogen and oxygen atoms in total. The van der Waals surface area contributed by atoms with Crippen molar-refractivity contribution in [2.24, 2.45) is 0 Å². The highest BCUT2D eigenvalue weighted by molar-refractivity contribution is 8.00. The van der Waals surface area contributed by atoms with Gasteiger partial charge in [0.2, 0.25) is 5.91 Å². The number of benzene rings is 2. The predicted octanol–water partition coefficient (Wildman–Crippen LogP) is 3.68. The Kier molecular flexibility index (Phi) is 6.41. The van der Waals surface area contributed by atoms with Crippen LogP contribution in [-0.4, -0.2) is 57.8 Å². The minimum atomic E-state index is -1.04. The van der Waals surface area contributed by atoms with Gasteiger partial charge >= 0.3 is 12.1 Å². The maximum Gasteiger partial charge on any atom is 0.407 e. The first kappa shape index (κ1) is 22.2. The Morgan fingerprint density at radius 3 is 2.28 bits per heavy atom. The minimum Gasteiger partial charge on any atom is -0.480 e. The number of carboxylic acid groups (broad SMARTS) is 1. The maximum absolute atomic E-state index is 13.0. The van der Waals surface area contributed by atoms with Crippen LogP contribution in [0.4, 0.5) is 4.79 Å². The lowest BCUT2D eigenvalue weighted by molar-refractivity contribution is -0.149. The molecule has 1 aliphatic heterocycles. The lowest BCUT2D eigenvalue weighted by Gasteiger charge is -2.29. The average molecular weight is 455 g/mol. The molecular weight excluding hydrogens is 428 g/mol. The van der Waals surface area contributed by atoms with Crippen LogP contribution in [0.25, 0.3) is 11.1 Å². The molecule has 168 valence electrons. The van der Waals surface area contributed by atoms with Gasteiger partial charge in [0.05, 0.1) is 5.37 Å². The third-order valence-corrected chi connectivity index (χ3v) is 7.32. The summed E-state index contributed by atoms with van der Waals surface area (Å²) in [5.41, 5.74) is 4.49. The number of thioether (sulfide) groups is 1. The number of ether oxygens (including phenoxy) is 1. The lowest BCUT2D eigenvalue weighted by atomic mass is 9.98. The van der Waals surface area contributed by atoms with Gasteiger partial charge in [-0.05, 0) is 35.6 Å². The Morgan fingerprint density at radius 2 is 1.72 bits per heavy atom. The molecule has 0 radical (unpaired) electrons. The largest absolute Gasteiger partial charge is 0.480 e. The van der Waals surface area contributed by atoms with E-state index in [9.17, 15) is 19.5 Å². The first-order valence-electron chi connectivity index (χ1n) is 10.7. The number of hydrogen-bond donors (Lipinski definition) is 2. The Morgan fingerprint density at radius 1 is 1.12 bits per heavy atom. The first-order valence-corrected chi connectivity index (χ1v) is 11.7. The van der Waals surface area contributed by atoms with Crippen molar-refractivity contribution < 1.29 is 24.2 Å². The Hall–Kier alpha value is -3.00. The second-order valence-electron chi connectivity index (χ2n) is 7.96. The molecule has 2 unspecified atom stereocenters. The van der Waals surface area contributed by atoms with Crippen LogP contribution in [0.15, 0.2) is 48.5 Å². The molecule has 2 N–H and O–H groups in total. The highest BCUT2D eigenvalue weighted by Crippen LogP contribution is 2.44. The van der Waals surface area contributed by atoms with E-state index in [-0.39, 0.29) is 17.9 Å². The van der Waals surface area contributed by atoms with E-state index in [0.29, 0.717) is 12.2 Å². The summed E-state index contributed by atoms with van der Waals surface area (Å²) in [4.78, 5) is 38.5. The standard InChI is InChI=1S/C24H26N2O5S/c1-3-20(22(27)26-14(2)32-13-21(26)23(28)29)25-24(30)31-12-19-17-10-6-4-8-15(17)16-9-5-7-11-18(16)19/h4-11,14,19-21H,3,12-13H2,1-2H3,(H,25,30)(H,28,29)/t14?,20-,21?/m0/s1. The normalized spacial score (nSPS) is 20.4. The SMILES string of the molecule is CC[C@H](NC(=O)OCC1c2ccccc2-c2ccccc21)C(=O)N1C(C)SCC1C(=O)O. The lowest BCUT2D eigenvalue weighted by Crippen LogP contribution is -2.53. The van der Waals surface area contributed by atoms with Crippen molar-refractivity contribution in [3.63, 3.8) is 0 Å². The summed E-state index contributed by atoms with van der Waals surface area (Å²) in [6, 6.07) is 14.4. The summed E-state index contributed by atoms with van der Waals surface area (Å²) in [6.07, 6.45) is -0.345. The van der Waals surface area contributed by atoms with Gasteiger partial charge < -0.3 is 20.1 Å². The molecule has 0 aromatic heterocycles. The molecule has 0 spiro atoms. The molecule has 2 aliphatic rings. The number of fused-ring (bicyclic) bond motifs is 3. The molecule has 0 saturated carbocycles. The fourth-order valence-corrected chi connectivity index (χ4v) is 5.64. The number of alkyl carbamates (subject to hydrolysis) is 1. The number of rotatable bonds is 6. The summed E-state index contributed by atoms with van der Waals surface area (Å²) in [5.74, 6) is -1.17. The average Bonchev–Trinajstić information content (AvgIpc) is 3.34. The van der Waals surface area contributed by atoms with E-state index < -0.39 is 30.1 Å². The van der Waals surface area contributed by atoms with Crippen molar-refractivity contribution in [2.45, 2.75) is 43.6 Å². The van der Waals surface area contributed by atoms with Crippen molar-refractivity contribution in [3.05, 3.63) is 59.7 Å². The smallest absolute Gasteiger partial charge is 0.407 e. The van der Waals surface area contributed by atoms with E-state index in [1.807, 2.05) is 36.4 Å². The van der Waals surface area contributed by atoms with E-state index in [2.05, 4.69) is 17.4 Å². The van der Waals surface area contributed by atoms with E-state index in [0.717, 1.165) is 22.3 Å². The first-order chi connectivity index (χ1) is 15.4. The van der Waals surface area contributed by atoms with Crippen LogP contribution >= 0.6 is 11.8 Å². The Bertz CT molecular complexity index is 997. The molecule has 1 heterocycles. The number of amides is 2. The number of aliphatic carboxylic acids is 1. The molecule has 2 aromatic rings. The molecule has 0 bridgehead atoms. The van der Waals surface area contributed by atoms with Crippen LogP contribution in [0, 0.1) is 0 Å². The minimum absolute atomic E-state index is 0.0738. The van der Waals surface area contributed by atoms with Crippen LogP contribution in [0.3, 0.4) is 0 Å². The van der Waals surface area contributed by atoms with E-state index in [4.69, 9.17) is 4.74 Å². The van der Waals surface area contributed by atoms with E-state index in [1.165, 1.54) is 16.7 Å².